The van der Waals surface area contributed by atoms with E-state index in [-0.39, 0.29) is 40.7 Å². The van der Waals surface area contributed by atoms with Gasteiger partial charge in [-0.3, -0.25) is 9.59 Å². The Morgan fingerprint density at radius 3 is 2.33 bits per heavy atom. The third kappa shape index (κ3) is 2.30. The second kappa shape index (κ2) is 5.46. The Balaban J connectivity index is 1.69. The first-order chi connectivity index (χ1) is 12.9. The van der Waals surface area contributed by atoms with Crippen molar-refractivity contribution in [3.8, 4) is 0 Å². The van der Waals surface area contributed by atoms with Crippen LogP contribution >= 0.6 is 12.2 Å². The second-order valence-corrected chi connectivity index (χ2v) is 9.51. The van der Waals surface area contributed by atoms with Crippen LogP contribution in [0.1, 0.15) is 31.8 Å². The van der Waals surface area contributed by atoms with Gasteiger partial charge < -0.3 is 10.2 Å². The molecular weight excluding hydrogens is 384 g/mol. The van der Waals surface area contributed by atoms with Crippen LogP contribution in [0.4, 0.5) is 5.69 Å². The largest absolute Gasteiger partial charge is 0.356 e. The topological polar surface area (TPSA) is 83.6 Å². The molecule has 2 atom stereocenters. The molecule has 6 nitrogen and oxygen atoms in total. The highest BCUT2D eigenvalue weighted by molar-refractivity contribution is 7.91. The highest BCUT2D eigenvalue weighted by Crippen LogP contribution is 2.37. The Labute approximate surface area is 161 Å². The molecule has 0 radical (unpaired) electrons. The van der Waals surface area contributed by atoms with Crippen molar-refractivity contribution in [3.05, 3.63) is 64.7 Å². The zero-order chi connectivity index (χ0) is 18.9. The molecule has 2 heterocycles. The maximum atomic E-state index is 13.2. The van der Waals surface area contributed by atoms with E-state index in [1.165, 1.54) is 0 Å². The molecule has 1 N–H and O–H groups in total. The van der Waals surface area contributed by atoms with Crippen LogP contribution in [0.3, 0.4) is 0 Å². The van der Waals surface area contributed by atoms with Gasteiger partial charge in [0, 0.05) is 16.7 Å². The highest BCUT2D eigenvalue weighted by atomic mass is 32.2. The van der Waals surface area contributed by atoms with E-state index in [0.717, 1.165) is 0 Å². The van der Waals surface area contributed by atoms with Gasteiger partial charge in [0.1, 0.15) is 0 Å². The fourth-order valence-electron chi connectivity index (χ4n) is 4.22. The number of thiocarbonyl (C=S) groups is 1. The zero-order valence-electron chi connectivity index (χ0n) is 14.0. The predicted octanol–water partition coefficient (Wildman–Crippen LogP) is 1.32. The molecule has 136 valence electrons. The lowest BCUT2D eigenvalue weighted by molar-refractivity contribution is 0.0979. The number of carbonyl (C=O) groups excluding carboxylic acids is 2. The number of benzene rings is 2. The van der Waals surface area contributed by atoms with Crippen LogP contribution in [0.2, 0.25) is 0 Å². The standard InChI is InChI=1S/C19H14N2O4S2/c22-17-10-4-1-2-5-11(10)18(23)16-12(17)6-3-7-14(16)21-15-9-27(24,25)8-13(15)20-19(21)26/h1-7,13,15H,8-9H2,(H,20,26). The van der Waals surface area contributed by atoms with E-state index < -0.39 is 9.84 Å². The van der Waals surface area contributed by atoms with Gasteiger partial charge in [0.2, 0.25) is 0 Å². The SMILES string of the molecule is O=C1c2ccccc2C(=O)c2c1cccc2N1C(=S)NC2CS(=O)(=O)CC21. The van der Waals surface area contributed by atoms with Crippen molar-refractivity contribution >= 4 is 44.4 Å². The van der Waals surface area contributed by atoms with Gasteiger partial charge >= 0.3 is 0 Å². The van der Waals surface area contributed by atoms with Crippen molar-refractivity contribution in [1.82, 2.24) is 5.32 Å². The van der Waals surface area contributed by atoms with Crippen molar-refractivity contribution in [2.45, 2.75) is 12.1 Å². The van der Waals surface area contributed by atoms with Gasteiger partial charge in [-0.2, -0.15) is 0 Å². The van der Waals surface area contributed by atoms with Crippen molar-refractivity contribution in [2.75, 3.05) is 16.4 Å². The molecule has 2 fully saturated rings. The summed E-state index contributed by atoms with van der Waals surface area (Å²) >= 11 is 5.43. The van der Waals surface area contributed by atoms with E-state index >= 15 is 0 Å². The Morgan fingerprint density at radius 2 is 1.59 bits per heavy atom. The first-order valence-corrected chi connectivity index (χ1v) is 10.7. The van der Waals surface area contributed by atoms with Crippen molar-refractivity contribution < 1.29 is 18.0 Å². The molecule has 0 saturated carbocycles. The fourth-order valence-corrected chi connectivity index (χ4v) is 6.49. The maximum absolute atomic E-state index is 13.2. The van der Waals surface area contributed by atoms with Crippen LogP contribution in [0.5, 0.6) is 0 Å². The smallest absolute Gasteiger partial charge is 0.196 e. The van der Waals surface area contributed by atoms with Crippen molar-refractivity contribution in [3.63, 3.8) is 0 Å². The summed E-state index contributed by atoms with van der Waals surface area (Å²) < 4.78 is 24.1. The summed E-state index contributed by atoms with van der Waals surface area (Å²) in [5.41, 5.74) is 1.84. The lowest BCUT2D eigenvalue weighted by Crippen LogP contribution is -2.38. The van der Waals surface area contributed by atoms with Gasteiger partial charge in [0.05, 0.1) is 34.8 Å². The van der Waals surface area contributed by atoms with Crippen LogP contribution in [0.25, 0.3) is 0 Å². The van der Waals surface area contributed by atoms with Gasteiger partial charge in [-0.15, -0.1) is 0 Å². The van der Waals surface area contributed by atoms with Gasteiger partial charge in [0.15, 0.2) is 26.5 Å². The van der Waals surface area contributed by atoms with Gasteiger partial charge in [-0.25, -0.2) is 8.42 Å². The monoisotopic (exact) mass is 398 g/mol. The van der Waals surface area contributed by atoms with E-state index in [0.29, 0.717) is 27.5 Å². The molecule has 2 aromatic rings. The number of hydrogen-bond donors (Lipinski definition) is 1. The van der Waals surface area contributed by atoms with Gasteiger partial charge in [0.25, 0.3) is 0 Å². The van der Waals surface area contributed by atoms with Crippen molar-refractivity contribution in [1.29, 1.82) is 0 Å². The molecule has 3 aliphatic rings. The second-order valence-electron chi connectivity index (χ2n) is 6.97. The zero-order valence-corrected chi connectivity index (χ0v) is 15.6. The van der Waals surface area contributed by atoms with Gasteiger partial charge in [-0.05, 0) is 18.3 Å². The van der Waals surface area contributed by atoms with Crippen LogP contribution < -0.4 is 10.2 Å². The molecular formula is C19H14N2O4S2. The molecule has 0 aromatic heterocycles. The van der Waals surface area contributed by atoms with Crippen molar-refractivity contribution in [2.24, 2.45) is 0 Å². The Hall–Kier alpha value is -2.58. The molecule has 0 amide bonds. The summed E-state index contributed by atoms with van der Waals surface area (Å²) in [6.45, 7) is 0. The molecule has 2 aliphatic heterocycles. The third-order valence-corrected chi connectivity index (χ3v) is 7.40. The molecule has 0 spiro atoms. The number of sulfone groups is 1. The summed E-state index contributed by atoms with van der Waals surface area (Å²) in [5, 5.41) is 3.44. The number of ketones is 2. The molecule has 2 aromatic carbocycles. The Bertz CT molecular complexity index is 1160. The fraction of sp³-hybridized carbons (Fsp3) is 0.211. The van der Waals surface area contributed by atoms with E-state index in [4.69, 9.17) is 12.2 Å². The summed E-state index contributed by atoms with van der Waals surface area (Å²) in [6, 6.07) is 11.1. The first kappa shape index (κ1) is 16.6. The van der Waals surface area contributed by atoms with E-state index in [9.17, 15) is 18.0 Å². The first-order valence-electron chi connectivity index (χ1n) is 8.49. The quantitative estimate of drug-likeness (QED) is 0.619. The number of nitrogens with zero attached hydrogens (tertiary/aromatic N) is 1. The molecule has 8 heteroatoms. The summed E-state index contributed by atoms with van der Waals surface area (Å²) in [4.78, 5) is 27.8. The lowest BCUT2D eigenvalue weighted by atomic mass is 9.83. The number of rotatable bonds is 1. The maximum Gasteiger partial charge on any atom is 0.196 e. The molecule has 27 heavy (non-hydrogen) atoms. The van der Waals surface area contributed by atoms with E-state index in [2.05, 4.69) is 5.32 Å². The summed E-state index contributed by atoms with van der Waals surface area (Å²) in [6.07, 6.45) is 0. The molecule has 2 unspecified atom stereocenters. The highest BCUT2D eigenvalue weighted by Gasteiger charge is 2.49. The summed E-state index contributed by atoms with van der Waals surface area (Å²) in [7, 11) is -3.18. The Morgan fingerprint density at radius 1 is 0.926 bits per heavy atom. The average molecular weight is 398 g/mol. The molecule has 0 bridgehead atoms. The minimum atomic E-state index is -3.18. The minimum absolute atomic E-state index is 0.0129. The van der Waals surface area contributed by atoms with Crippen LogP contribution in [-0.4, -0.2) is 48.7 Å². The number of fused-ring (bicyclic) bond motifs is 3. The van der Waals surface area contributed by atoms with Crippen LogP contribution in [0, 0.1) is 0 Å². The molecule has 1 aliphatic carbocycles. The third-order valence-electron chi connectivity index (χ3n) is 5.37. The average Bonchev–Trinajstić information content (AvgIpc) is 3.08. The molecule has 5 rings (SSSR count). The number of nitrogens with one attached hydrogen (secondary N) is 1. The van der Waals surface area contributed by atoms with Crippen LogP contribution in [0.15, 0.2) is 42.5 Å². The number of hydrogen-bond acceptors (Lipinski definition) is 5. The van der Waals surface area contributed by atoms with Crippen LogP contribution in [-0.2, 0) is 9.84 Å². The lowest BCUT2D eigenvalue weighted by Gasteiger charge is -2.28. The predicted molar refractivity (Wildman–Crippen MR) is 104 cm³/mol. The molecule has 2 saturated heterocycles. The number of anilines is 1. The minimum Gasteiger partial charge on any atom is -0.356 e. The number of carbonyl (C=O) groups is 2. The normalized spacial score (nSPS) is 25.0. The summed E-state index contributed by atoms with van der Waals surface area (Å²) in [5.74, 6) is -0.481. The van der Waals surface area contributed by atoms with Gasteiger partial charge in [-0.1, -0.05) is 36.4 Å². The van der Waals surface area contributed by atoms with E-state index in [1.807, 2.05) is 0 Å². The Kier molecular flexibility index (Phi) is 3.36. The van der Waals surface area contributed by atoms with E-state index in [1.54, 1.807) is 47.4 Å².